The summed E-state index contributed by atoms with van der Waals surface area (Å²) in [6.07, 6.45) is 0.560. The predicted molar refractivity (Wildman–Crippen MR) is 62.1 cm³/mol. The quantitative estimate of drug-likeness (QED) is 0.738. The lowest BCUT2D eigenvalue weighted by Gasteiger charge is -2.15. The van der Waals surface area contributed by atoms with Crippen LogP contribution >= 0.6 is 0 Å². The second-order valence-corrected chi connectivity index (χ2v) is 4.17. The Bertz CT molecular complexity index is 538. The summed E-state index contributed by atoms with van der Waals surface area (Å²) in [6.45, 7) is 1.75. The van der Waals surface area contributed by atoms with E-state index in [1.54, 1.807) is 18.5 Å². The van der Waals surface area contributed by atoms with E-state index < -0.39 is 18.0 Å². The average molecular weight is 267 g/mol. The molecule has 0 saturated carbocycles. The normalized spacial score (nSPS) is 19.5. The number of carbonyl (C=O) groups excluding carboxylic acids is 1. The maximum Gasteiger partial charge on any atom is 0.353 e. The molecule has 1 aromatic rings. The lowest BCUT2D eigenvalue weighted by molar-refractivity contribution is -0.132. The summed E-state index contributed by atoms with van der Waals surface area (Å²) in [5.74, 6) is -1.03. The Hall–Kier alpha value is -2.45. The number of aromatic nitrogens is 3. The van der Waals surface area contributed by atoms with Gasteiger partial charge in [0, 0.05) is 13.5 Å². The maximum absolute atomic E-state index is 11.9. The molecule has 0 aromatic carbocycles. The molecule has 9 nitrogen and oxygen atoms in total. The third-order valence-electron chi connectivity index (χ3n) is 2.70. The third-order valence-corrected chi connectivity index (χ3v) is 2.70. The highest BCUT2D eigenvalue weighted by Crippen LogP contribution is 2.13. The highest BCUT2D eigenvalue weighted by molar-refractivity contribution is 6.36. The van der Waals surface area contributed by atoms with Crippen molar-refractivity contribution in [3.8, 4) is 0 Å². The Balaban J connectivity index is 1.93. The van der Waals surface area contributed by atoms with Gasteiger partial charge in [0.15, 0.2) is 11.5 Å². The molecule has 0 spiro atoms. The van der Waals surface area contributed by atoms with Gasteiger partial charge >= 0.3 is 5.97 Å². The van der Waals surface area contributed by atoms with Crippen LogP contribution in [0.15, 0.2) is 11.5 Å². The van der Waals surface area contributed by atoms with Gasteiger partial charge in [-0.1, -0.05) is 5.16 Å². The van der Waals surface area contributed by atoms with Crippen molar-refractivity contribution in [2.24, 2.45) is 12.2 Å². The van der Waals surface area contributed by atoms with Crippen molar-refractivity contribution in [1.29, 1.82) is 0 Å². The van der Waals surface area contributed by atoms with E-state index in [4.69, 9.17) is 9.94 Å². The Labute approximate surface area is 108 Å². The van der Waals surface area contributed by atoms with Crippen LogP contribution in [0, 0.1) is 0 Å². The van der Waals surface area contributed by atoms with Crippen LogP contribution in [0.5, 0.6) is 0 Å². The van der Waals surface area contributed by atoms with Gasteiger partial charge in [-0.05, 0) is 6.92 Å². The van der Waals surface area contributed by atoms with Crippen LogP contribution in [0.4, 0.5) is 0 Å². The van der Waals surface area contributed by atoms with Crippen molar-refractivity contribution in [2.45, 2.75) is 25.5 Å². The van der Waals surface area contributed by atoms with Gasteiger partial charge in [0.1, 0.15) is 6.33 Å². The summed E-state index contributed by atoms with van der Waals surface area (Å²) in [5.41, 5.74) is -0.161. The smallest absolute Gasteiger partial charge is 0.353 e. The van der Waals surface area contributed by atoms with Crippen molar-refractivity contribution >= 4 is 17.6 Å². The van der Waals surface area contributed by atoms with Crippen molar-refractivity contribution < 1.29 is 19.5 Å². The minimum absolute atomic E-state index is 0.0489. The van der Waals surface area contributed by atoms with Crippen molar-refractivity contribution in [1.82, 2.24) is 20.1 Å². The lowest BCUT2D eigenvalue weighted by Crippen LogP contribution is -2.37. The molecule has 2 heterocycles. The topological polar surface area (TPSA) is 119 Å². The van der Waals surface area contributed by atoms with E-state index in [1.165, 1.54) is 6.33 Å². The molecule has 2 rings (SSSR count). The molecule has 2 atom stereocenters. The fourth-order valence-electron chi connectivity index (χ4n) is 1.70. The molecular formula is C10H13N5O4. The van der Waals surface area contributed by atoms with Crippen LogP contribution in [0.3, 0.4) is 0 Å². The van der Waals surface area contributed by atoms with E-state index in [9.17, 15) is 9.59 Å². The first kappa shape index (κ1) is 13.0. The number of nitrogens with zero attached hydrogens (tertiary/aromatic N) is 4. The second-order valence-electron chi connectivity index (χ2n) is 4.17. The highest BCUT2D eigenvalue weighted by Gasteiger charge is 2.32. The van der Waals surface area contributed by atoms with E-state index in [0.29, 0.717) is 5.82 Å². The van der Waals surface area contributed by atoms with Crippen LogP contribution in [0.1, 0.15) is 25.2 Å². The van der Waals surface area contributed by atoms with Crippen molar-refractivity contribution in [2.75, 3.05) is 0 Å². The molecule has 2 N–H and O–H groups in total. The SMILES string of the molecule is CC(NC(=O)C1CC(C(=O)O)=NO1)c1nncn1C. The highest BCUT2D eigenvalue weighted by atomic mass is 16.6. The molecule has 9 heteroatoms. The molecule has 2 unspecified atom stereocenters. The zero-order valence-electron chi connectivity index (χ0n) is 10.4. The summed E-state index contributed by atoms with van der Waals surface area (Å²) in [7, 11) is 1.76. The minimum atomic E-state index is -1.18. The average Bonchev–Trinajstić information content (AvgIpc) is 2.96. The molecule has 0 fully saturated rings. The summed E-state index contributed by atoms with van der Waals surface area (Å²) in [6, 6.07) is -0.363. The monoisotopic (exact) mass is 267 g/mol. The van der Waals surface area contributed by atoms with Gasteiger partial charge in [0.05, 0.1) is 6.04 Å². The van der Waals surface area contributed by atoms with E-state index in [0.717, 1.165) is 0 Å². The zero-order valence-corrected chi connectivity index (χ0v) is 10.4. The van der Waals surface area contributed by atoms with Gasteiger partial charge in [-0.2, -0.15) is 0 Å². The number of hydrogen-bond donors (Lipinski definition) is 2. The number of hydrogen-bond acceptors (Lipinski definition) is 6. The van der Waals surface area contributed by atoms with Crippen LogP contribution in [0.25, 0.3) is 0 Å². The van der Waals surface area contributed by atoms with E-state index in [1.807, 2.05) is 0 Å². The summed E-state index contributed by atoms with van der Waals surface area (Å²) in [4.78, 5) is 27.3. The Kier molecular flexibility index (Phi) is 3.45. The van der Waals surface area contributed by atoms with E-state index in [2.05, 4.69) is 20.7 Å². The maximum atomic E-state index is 11.9. The second kappa shape index (κ2) is 5.04. The number of aryl methyl sites for hydroxylation is 1. The van der Waals surface area contributed by atoms with Gasteiger partial charge in [0.25, 0.3) is 5.91 Å². The van der Waals surface area contributed by atoms with Crippen LogP contribution in [0.2, 0.25) is 0 Å². The number of carbonyl (C=O) groups is 2. The van der Waals surface area contributed by atoms with Crippen LogP contribution in [-0.4, -0.2) is 43.6 Å². The number of carboxylic acids is 1. The van der Waals surface area contributed by atoms with Crippen LogP contribution in [-0.2, 0) is 21.5 Å². The molecule has 1 aliphatic heterocycles. The Morgan fingerprint density at radius 3 is 2.89 bits per heavy atom. The third kappa shape index (κ3) is 2.69. The van der Waals surface area contributed by atoms with Crippen molar-refractivity contribution in [3.05, 3.63) is 12.2 Å². The van der Waals surface area contributed by atoms with E-state index in [-0.39, 0.29) is 18.2 Å². The Morgan fingerprint density at radius 2 is 2.37 bits per heavy atom. The number of rotatable bonds is 4. The minimum Gasteiger partial charge on any atom is -0.477 e. The zero-order chi connectivity index (χ0) is 14.0. The first-order valence-electron chi connectivity index (χ1n) is 5.59. The van der Waals surface area contributed by atoms with Gasteiger partial charge < -0.3 is 19.8 Å². The summed E-state index contributed by atoms with van der Waals surface area (Å²) in [5, 5.41) is 22.3. The molecule has 1 amide bonds. The number of nitrogens with one attached hydrogen (secondary N) is 1. The first-order chi connectivity index (χ1) is 8.99. The molecule has 0 aliphatic carbocycles. The number of amides is 1. The number of oxime groups is 1. The number of carboxylic acid groups (broad SMARTS) is 1. The van der Waals surface area contributed by atoms with Gasteiger partial charge in [0.2, 0.25) is 6.10 Å². The fraction of sp³-hybridized carbons (Fsp3) is 0.500. The van der Waals surface area contributed by atoms with E-state index >= 15 is 0 Å². The summed E-state index contributed by atoms with van der Waals surface area (Å²) >= 11 is 0. The molecule has 102 valence electrons. The predicted octanol–water partition coefficient (Wildman–Crippen LogP) is -0.778. The lowest BCUT2D eigenvalue weighted by atomic mass is 10.1. The summed E-state index contributed by atoms with van der Waals surface area (Å²) < 4.78 is 1.68. The standard InChI is InChI=1S/C10H13N5O4/c1-5(8-13-11-4-15(8)2)12-9(16)7-3-6(10(17)18)14-19-7/h4-5,7H,3H2,1-2H3,(H,12,16)(H,17,18). The molecule has 1 aromatic heterocycles. The van der Waals surface area contributed by atoms with Crippen LogP contribution < -0.4 is 5.32 Å². The largest absolute Gasteiger partial charge is 0.477 e. The molecule has 0 bridgehead atoms. The van der Waals surface area contributed by atoms with Gasteiger partial charge in [-0.15, -0.1) is 10.2 Å². The molecule has 1 aliphatic rings. The van der Waals surface area contributed by atoms with Crippen molar-refractivity contribution in [3.63, 3.8) is 0 Å². The van der Waals surface area contributed by atoms with Gasteiger partial charge in [-0.3, -0.25) is 4.79 Å². The Morgan fingerprint density at radius 1 is 1.63 bits per heavy atom. The molecule has 0 saturated heterocycles. The first-order valence-corrected chi connectivity index (χ1v) is 5.59. The molecular weight excluding hydrogens is 254 g/mol. The van der Waals surface area contributed by atoms with Gasteiger partial charge in [-0.25, -0.2) is 4.79 Å². The number of aliphatic carboxylic acids is 1. The molecule has 19 heavy (non-hydrogen) atoms. The molecule has 0 radical (unpaired) electrons. The fourth-order valence-corrected chi connectivity index (χ4v) is 1.70.